The molecule has 0 radical (unpaired) electrons. The maximum atomic E-state index is 10.4. The zero-order valence-electron chi connectivity index (χ0n) is 10.8. The number of aliphatic carboxylic acids is 1. The van der Waals surface area contributed by atoms with Crippen LogP contribution in [0.3, 0.4) is 0 Å². The Labute approximate surface area is 118 Å². The van der Waals surface area contributed by atoms with E-state index in [0.717, 1.165) is 12.1 Å². The van der Waals surface area contributed by atoms with Crippen LogP contribution >= 0.6 is 0 Å². The Kier molecular flexibility index (Phi) is 7.50. The number of halogens is 1. The molecule has 1 aromatic heterocycles. The van der Waals surface area contributed by atoms with E-state index in [1.165, 1.54) is 0 Å². The number of nitrogens with two attached hydrogens (primary N) is 1. The van der Waals surface area contributed by atoms with E-state index >= 15 is 0 Å². The first-order valence-corrected chi connectivity index (χ1v) is 5.86. The van der Waals surface area contributed by atoms with Crippen LogP contribution in [-0.2, 0) is 17.8 Å². The number of carboxylic acid groups (broad SMARTS) is 1. The molecule has 0 fully saturated rings. The van der Waals surface area contributed by atoms with E-state index in [-0.39, 0.29) is 23.4 Å². The average Bonchev–Trinajstić information content (AvgIpc) is 2.21. The fourth-order valence-corrected chi connectivity index (χ4v) is 1.60. The molecule has 6 heteroatoms. The molecule has 0 saturated heterocycles. The molecule has 0 saturated carbocycles. The van der Waals surface area contributed by atoms with Gasteiger partial charge in [0.25, 0.3) is 5.82 Å². The van der Waals surface area contributed by atoms with Crippen molar-refractivity contribution in [3.63, 3.8) is 0 Å². The van der Waals surface area contributed by atoms with Crippen LogP contribution in [0.2, 0.25) is 0 Å². The molecule has 1 heterocycles. The number of anilines is 1. The van der Waals surface area contributed by atoms with Gasteiger partial charge in [-0.05, 0) is 24.8 Å². The summed E-state index contributed by atoms with van der Waals surface area (Å²) in [6, 6.07) is 3.74. The predicted octanol–water partition coefficient (Wildman–Crippen LogP) is -1.98. The lowest BCUT2D eigenvalue weighted by atomic mass is 10.1. The number of nitrogens with zero attached hydrogens (tertiary/aromatic N) is 2. The van der Waals surface area contributed by atoms with E-state index < -0.39 is 5.97 Å². The van der Waals surface area contributed by atoms with Crippen molar-refractivity contribution in [3.05, 3.63) is 17.8 Å². The highest BCUT2D eigenvalue weighted by Crippen LogP contribution is 2.04. The van der Waals surface area contributed by atoms with Gasteiger partial charge in [-0.2, -0.15) is 0 Å². The number of aromatic nitrogens is 2. The standard InChI is InChI=1S/C12H19N3O2.BrH/c1-9(2)8-10-5-6-11(13)15(14-10)7-3-4-12(16)17;/h5-6,9,13H,3-4,7-8H2,1-2H3,(H,16,17);1H. The minimum atomic E-state index is -0.789. The second-order valence-electron chi connectivity index (χ2n) is 4.57. The van der Waals surface area contributed by atoms with Crippen LogP contribution in [0.1, 0.15) is 32.4 Å². The van der Waals surface area contributed by atoms with Crippen molar-refractivity contribution in [3.8, 4) is 0 Å². The summed E-state index contributed by atoms with van der Waals surface area (Å²) in [6.45, 7) is 4.81. The van der Waals surface area contributed by atoms with Gasteiger partial charge in [0.05, 0.1) is 5.69 Å². The Morgan fingerprint density at radius 1 is 1.50 bits per heavy atom. The van der Waals surface area contributed by atoms with E-state index in [9.17, 15) is 4.79 Å². The van der Waals surface area contributed by atoms with Gasteiger partial charge in [-0.15, -0.1) is 4.68 Å². The Bertz CT molecular complexity index is 397. The first kappa shape index (κ1) is 16.8. The molecule has 1 rings (SSSR count). The van der Waals surface area contributed by atoms with E-state index in [1.54, 1.807) is 4.68 Å². The molecule has 0 bridgehead atoms. The van der Waals surface area contributed by atoms with Crippen LogP contribution in [0, 0.1) is 5.92 Å². The topological polar surface area (TPSA) is 80.1 Å². The summed E-state index contributed by atoms with van der Waals surface area (Å²) in [4.78, 5) is 10.4. The molecular weight excluding hydrogens is 298 g/mol. The lowest BCUT2D eigenvalue weighted by molar-refractivity contribution is -0.741. The van der Waals surface area contributed by atoms with Gasteiger partial charge in [-0.25, -0.2) is 0 Å². The second kappa shape index (κ2) is 8.02. The van der Waals surface area contributed by atoms with Gasteiger partial charge >= 0.3 is 5.97 Å². The zero-order valence-corrected chi connectivity index (χ0v) is 12.4. The van der Waals surface area contributed by atoms with Crippen LogP contribution in [0.15, 0.2) is 12.1 Å². The summed E-state index contributed by atoms with van der Waals surface area (Å²) in [6.07, 6.45) is 1.59. The summed E-state index contributed by atoms with van der Waals surface area (Å²) in [5, 5.41) is 13.0. The van der Waals surface area contributed by atoms with E-state index in [2.05, 4.69) is 18.9 Å². The highest BCUT2D eigenvalue weighted by Gasteiger charge is 2.09. The van der Waals surface area contributed by atoms with Crippen molar-refractivity contribution in [2.45, 2.75) is 39.7 Å². The molecule has 0 amide bonds. The Morgan fingerprint density at radius 3 is 2.72 bits per heavy atom. The van der Waals surface area contributed by atoms with Crippen LogP contribution < -0.4 is 27.4 Å². The Hall–Kier alpha value is -1.17. The normalized spacial score (nSPS) is 10.2. The minimum absolute atomic E-state index is 0. The highest BCUT2D eigenvalue weighted by molar-refractivity contribution is 5.66. The molecule has 0 aliphatic carbocycles. The third kappa shape index (κ3) is 5.95. The maximum Gasteiger partial charge on any atom is 0.303 e. The van der Waals surface area contributed by atoms with Crippen molar-refractivity contribution >= 4 is 11.8 Å². The van der Waals surface area contributed by atoms with Crippen molar-refractivity contribution in [1.29, 1.82) is 0 Å². The number of carbonyl (C=O) groups is 1. The molecular formula is C12H20BrN3O2. The van der Waals surface area contributed by atoms with Crippen molar-refractivity contribution in [2.24, 2.45) is 5.92 Å². The molecule has 3 N–H and O–H groups in total. The number of hydrogen-bond acceptors (Lipinski definition) is 3. The van der Waals surface area contributed by atoms with Crippen LogP contribution in [0.25, 0.3) is 0 Å². The third-order valence-corrected chi connectivity index (χ3v) is 2.37. The maximum absolute atomic E-state index is 10.4. The SMILES string of the molecule is CC(C)Cc1ccc(N)[n+](CCCC(=O)O)n1.[Br-]. The molecule has 0 aliphatic rings. The van der Waals surface area contributed by atoms with Crippen LogP contribution in [0.4, 0.5) is 5.82 Å². The Morgan fingerprint density at radius 2 is 2.17 bits per heavy atom. The average molecular weight is 318 g/mol. The van der Waals surface area contributed by atoms with Gasteiger partial charge in [0, 0.05) is 12.5 Å². The molecule has 102 valence electrons. The third-order valence-electron chi connectivity index (χ3n) is 2.37. The number of aryl methyl sites for hydroxylation is 1. The van der Waals surface area contributed by atoms with Gasteiger partial charge in [-0.3, -0.25) is 10.5 Å². The van der Waals surface area contributed by atoms with Gasteiger partial charge in [-0.1, -0.05) is 18.9 Å². The minimum Gasteiger partial charge on any atom is -1.00 e. The molecule has 0 spiro atoms. The molecule has 0 aromatic carbocycles. The summed E-state index contributed by atoms with van der Waals surface area (Å²) in [5.41, 5.74) is 6.78. The summed E-state index contributed by atoms with van der Waals surface area (Å²) in [7, 11) is 0. The predicted molar refractivity (Wildman–Crippen MR) is 64.3 cm³/mol. The molecule has 5 nitrogen and oxygen atoms in total. The quantitative estimate of drug-likeness (QED) is 0.596. The summed E-state index contributed by atoms with van der Waals surface area (Å²) in [5.74, 6) is 0.323. The fraction of sp³-hybridized carbons (Fsp3) is 0.583. The smallest absolute Gasteiger partial charge is 0.303 e. The highest BCUT2D eigenvalue weighted by atomic mass is 79.9. The first-order valence-electron chi connectivity index (χ1n) is 5.86. The lowest BCUT2D eigenvalue weighted by Crippen LogP contribution is -3.00. The van der Waals surface area contributed by atoms with Crippen molar-refractivity contribution in [2.75, 3.05) is 5.73 Å². The lowest BCUT2D eigenvalue weighted by Gasteiger charge is -2.05. The molecule has 18 heavy (non-hydrogen) atoms. The molecule has 0 atom stereocenters. The zero-order chi connectivity index (χ0) is 12.8. The van der Waals surface area contributed by atoms with Gasteiger partial charge < -0.3 is 22.1 Å². The van der Waals surface area contributed by atoms with Gasteiger partial charge in [0.15, 0.2) is 0 Å². The second-order valence-corrected chi connectivity index (χ2v) is 4.57. The fourth-order valence-electron chi connectivity index (χ4n) is 1.60. The van der Waals surface area contributed by atoms with Gasteiger partial charge in [0.2, 0.25) is 0 Å². The molecule has 1 aromatic rings. The van der Waals surface area contributed by atoms with Crippen LogP contribution in [0.5, 0.6) is 0 Å². The number of hydrogen-bond donors (Lipinski definition) is 2. The Balaban J connectivity index is 0.00000289. The molecule has 0 aliphatic heterocycles. The molecule has 0 unspecified atom stereocenters. The van der Waals surface area contributed by atoms with Gasteiger partial charge in [0.1, 0.15) is 6.54 Å². The van der Waals surface area contributed by atoms with E-state index in [0.29, 0.717) is 24.7 Å². The van der Waals surface area contributed by atoms with Crippen molar-refractivity contribution in [1.82, 2.24) is 5.10 Å². The summed E-state index contributed by atoms with van der Waals surface area (Å²) < 4.78 is 1.68. The monoisotopic (exact) mass is 317 g/mol. The number of nitrogen functional groups attached to an aromatic ring is 1. The number of rotatable bonds is 6. The van der Waals surface area contributed by atoms with E-state index in [4.69, 9.17) is 10.8 Å². The largest absolute Gasteiger partial charge is 1.00 e. The van der Waals surface area contributed by atoms with E-state index in [1.807, 2.05) is 12.1 Å². The summed E-state index contributed by atoms with van der Waals surface area (Å²) >= 11 is 0. The first-order chi connectivity index (χ1) is 7.99. The van der Waals surface area contributed by atoms with Crippen molar-refractivity contribution < 1.29 is 31.6 Å². The number of carboxylic acids is 1. The van der Waals surface area contributed by atoms with Crippen LogP contribution in [-0.4, -0.2) is 16.2 Å².